The van der Waals surface area contributed by atoms with Crippen molar-refractivity contribution in [3.63, 3.8) is 0 Å². The number of rotatable bonds is 16. The van der Waals surface area contributed by atoms with Crippen molar-refractivity contribution in [1.82, 2.24) is 0 Å². The average Bonchev–Trinajstić information content (AvgIpc) is 2.69. The van der Waals surface area contributed by atoms with E-state index in [2.05, 4.69) is 9.78 Å². The van der Waals surface area contributed by atoms with E-state index >= 15 is 0 Å². The molecule has 1 unspecified atom stereocenters. The fraction of sp³-hybridized carbons (Fsp3) is 0.409. The standard InChI is InChI=1S/C22H32O6/c1-2-3-10-15-20(27-25)17-12-8-9-13-18-21(28-26)16-11-6-4-5-7-14-19-22(23)24/h3,5-13,17-18,20-21,25-26H,2,4,14-16,19H2,1H3,(H,23,24)/b7-5-,9-8-,10-3-,11-6-,17-12+,18-13-/t20-,21?/m0/s1. The fourth-order valence-corrected chi connectivity index (χ4v) is 2.04. The molecule has 0 fully saturated rings. The Bertz CT molecular complexity index is 557. The number of carbonyl (C=O) groups is 1. The highest BCUT2D eigenvalue weighted by Gasteiger charge is 2.00. The first-order valence-electron chi connectivity index (χ1n) is 9.42. The van der Waals surface area contributed by atoms with Gasteiger partial charge in [-0.05, 0) is 32.1 Å². The highest BCUT2D eigenvalue weighted by molar-refractivity contribution is 5.66. The van der Waals surface area contributed by atoms with E-state index in [4.69, 9.17) is 15.6 Å². The molecule has 0 radical (unpaired) electrons. The lowest BCUT2D eigenvalue weighted by atomic mass is 10.2. The predicted octanol–water partition coefficient (Wildman–Crippen LogP) is 5.49. The van der Waals surface area contributed by atoms with Crippen molar-refractivity contribution in [3.8, 4) is 0 Å². The first-order valence-corrected chi connectivity index (χ1v) is 9.42. The van der Waals surface area contributed by atoms with Crippen molar-refractivity contribution >= 4 is 5.97 Å². The summed E-state index contributed by atoms with van der Waals surface area (Å²) < 4.78 is 0. The van der Waals surface area contributed by atoms with Gasteiger partial charge in [0.15, 0.2) is 0 Å². The van der Waals surface area contributed by atoms with Crippen LogP contribution in [0.25, 0.3) is 0 Å². The van der Waals surface area contributed by atoms with Crippen LogP contribution in [0.2, 0.25) is 0 Å². The summed E-state index contributed by atoms with van der Waals surface area (Å²) in [4.78, 5) is 19.1. The van der Waals surface area contributed by atoms with Crippen LogP contribution in [0.4, 0.5) is 0 Å². The van der Waals surface area contributed by atoms with Gasteiger partial charge in [-0.15, -0.1) is 0 Å². The molecule has 6 nitrogen and oxygen atoms in total. The van der Waals surface area contributed by atoms with E-state index in [1.807, 2.05) is 43.4 Å². The molecular weight excluding hydrogens is 360 g/mol. The van der Waals surface area contributed by atoms with Crippen LogP contribution in [0.1, 0.15) is 45.4 Å². The van der Waals surface area contributed by atoms with Crippen molar-refractivity contribution in [2.75, 3.05) is 0 Å². The van der Waals surface area contributed by atoms with Gasteiger partial charge in [-0.25, -0.2) is 9.78 Å². The summed E-state index contributed by atoms with van der Waals surface area (Å²) in [5, 5.41) is 26.3. The topological polar surface area (TPSA) is 96.2 Å². The zero-order chi connectivity index (χ0) is 20.9. The molecule has 0 aliphatic carbocycles. The minimum Gasteiger partial charge on any atom is -0.481 e. The Kier molecular flexibility index (Phi) is 17.9. The maximum atomic E-state index is 10.4. The fourth-order valence-electron chi connectivity index (χ4n) is 2.04. The lowest BCUT2D eigenvalue weighted by Crippen LogP contribution is -2.05. The maximum absolute atomic E-state index is 10.4. The van der Waals surface area contributed by atoms with Gasteiger partial charge in [-0.2, -0.15) is 0 Å². The van der Waals surface area contributed by atoms with Crippen molar-refractivity contribution < 1.29 is 30.2 Å². The zero-order valence-electron chi connectivity index (χ0n) is 16.4. The minimum atomic E-state index is -0.801. The molecule has 0 saturated heterocycles. The molecule has 0 spiro atoms. The normalized spacial score (nSPS) is 15.2. The second-order valence-electron chi connectivity index (χ2n) is 5.90. The lowest BCUT2D eigenvalue weighted by molar-refractivity contribution is -0.264. The highest BCUT2D eigenvalue weighted by atomic mass is 17.1. The summed E-state index contributed by atoms with van der Waals surface area (Å²) in [6, 6.07) is 0. The summed E-state index contributed by atoms with van der Waals surface area (Å²) >= 11 is 0. The molecular formula is C22H32O6. The smallest absolute Gasteiger partial charge is 0.303 e. The lowest BCUT2D eigenvalue weighted by Gasteiger charge is -2.04. The summed E-state index contributed by atoms with van der Waals surface area (Å²) in [6.07, 6.45) is 24.7. The average molecular weight is 392 g/mol. The molecule has 0 aliphatic heterocycles. The first kappa shape index (κ1) is 25.8. The Hall–Kier alpha value is -2.25. The molecule has 0 saturated carbocycles. The van der Waals surface area contributed by atoms with E-state index < -0.39 is 12.1 Å². The maximum Gasteiger partial charge on any atom is 0.303 e. The van der Waals surface area contributed by atoms with E-state index in [9.17, 15) is 4.79 Å². The van der Waals surface area contributed by atoms with Crippen LogP contribution in [-0.2, 0) is 14.6 Å². The zero-order valence-corrected chi connectivity index (χ0v) is 16.4. The van der Waals surface area contributed by atoms with E-state index in [0.29, 0.717) is 25.7 Å². The van der Waals surface area contributed by atoms with Gasteiger partial charge in [0.25, 0.3) is 0 Å². The summed E-state index contributed by atoms with van der Waals surface area (Å²) in [6.45, 7) is 2.04. The van der Waals surface area contributed by atoms with Gasteiger partial charge in [0.05, 0.1) is 0 Å². The molecule has 0 aromatic carbocycles. The van der Waals surface area contributed by atoms with E-state index in [-0.39, 0.29) is 12.5 Å². The van der Waals surface area contributed by atoms with Crippen LogP contribution in [0.3, 0.4) is 0 Å². The molecule has 28 heavy (non-hydrogen) atoms. The van der Waals surface area contributed by atoms with Crippen LogP contribution < -0.4 is 0 Å². The Morgan fingerprint density at radius 1 is 0.821 bits per heavy atom. The SMILES string of the molecule is CC/C=C\C[C@@H](/C=C/C=C\C=C/C(C/C=C\C/C=C\CCC(=O)O)OO)OO. The Morgan fingerprint density at radius 3 is 1.86 bits per heavy atom. The number of aliphatic carboxylic acids is 1. The molecule has 6 heteroatoms. The minimum absolute atomic E-state index is 0.137. The third-order valence-corrected chi connectivity index (χ3v) is 3.53. The van der Waals surface area contributed by atoms with Crippen molar-refractivity contribution in [3.05, 3.63) is 72.9 Å². The Balaban J connectivity index is 4.15. The number of carboxylic acids is 1. The van der Waals surface area contributed by atoms with Gasteiger partial charge < -0.3 is 5.11 Å². The summed E-state index contributed by atoms with van der Waals surface area (Å²) in [5.41, 5.74) is 0. The molecule has 0 aliphatic rings. The predicted molar refractivity (Wildman–Crippen MR) is 111 cm³/mol. The van der Waals surface area contributed by atoms with E-state index in [0.717, 1.165) is 6.42 Å². The number of allylic oxidation sites excluding steroid dienone is 8. The van der Waals surface area contributed by atoms with Crippen LogP contribution in [0.5, 0.6) is 0 Å². The van der Waals surface area contributed by atoms with Crippen LogP contribution in [0, 0.1) is 0 Å². The van der Waals surface area contributed by atoms with Crippen LogP contribution >= 0.6 is 0 Å². The molecule has 0 amide bonds. The van der Waals surface area contributed by atoms with Gasteiger partial charge in [-0.1, -0.05) is 79.8 Å². The first-order chi connectivity index (χ1) is 13.6. The largest absolute Gasteiger partial charge is 0.481 e. The van der Waals surface area contributed by atoms with Crippen molar-refractivity contribution in [2.24, 2.45) is 0 Å². The second kappa shape index (κ2) is 19.5. The highest BCUT2D eigenvalue weighted by Crippen LogP contribution is 2.03. The molecule has 0 bridgehead atoms. The van der Waals surface area contributed by atoms with Crippen molar-refractivity contribution in [2.45, 2.75) is 57.7 Å². The third-order valence-electron chi connectivity index (χ3n) is 3.53. The second-order valence-corrected chi connectivity index (χ2v) is 5.90. The molecule has 0 rings (SSSR count). The molecule has 0 aromatic heterocycles. The number of hydrogen-bond acceptors (Lipinski definition) is 5. The summed E-state index contributed by atoms with van der Waals surface area (Å²) in [5.74, 6) is -0.801. The van der Waals surface area contributed by atoms with Gasteiger partial charge in [-0.3, -0.25) is 15.3 Å². The molecule has 0 aromatic rings. The summed E-state index contributed by atoms with van der Waals surface area (Å²) in [7, 11) is 0. The van der Waals surface area contributed by atoms with E-state index in [1.165, 1.54) is 0 Å². The molecule has 3 N–H and O–H groups in total. The third kappa shape index (κ3) is 17.2. The number of carboxylic acid groups (broad SMARTS) is 1. The molecule has 0 heterocycles. The molecule has 2 atom stereocenters. The number of hydrogen-bond donors (Lipinski definition) is 3. The van der Waals surface area contributed by atoms with Crippen LogP contribution in [0.15, 0.2) is 72.9 Å². The molecule has 156 valence electrons. The van der Waals surface area contributed by atoms with Gasteiger partial charge in [0.2, 0.25) is 0 Å². The van der Waals surface area contributed by atoms with Gasteiger partial charge in [0.1, 0.15) is 12.2 Å². The van der Waals surface area contributed by atoms with Crippen molar-refractivity contribution in [1.29, 1.82) is 0 Å². The van der Waals surface area contributed by atoms with Gasteiger partial charge >= 0.3 is 5.97 Å². The van der Waals surface area contributed by atoms with Crippen LogP contribution in [-0.4, -0.2) is 33.8 Å². The monoisotopic (exact) mass is 392 g/mol. The Labute approximate surface area is 167 Å². The van der Waals surface area contributed by atoms with E-state index in [1.54, 1.807) is 36.5 Å². The van der Waals surface area contributed by atoms with Gasteiger partial charge in [0, 0.05) is 6.42 Å². The Morgan fingerprint density at radius 2 is 1.36 bits per heavy atom. The quantitative estimate of drug-likeness (QED) is 0.139.